The largest absolute Gasteiger partial charge is 0.389 e. The van der Waals surface area contributed by atoms with Crippen LogP contribution in [0.2, 0.25) is 0 Å². The zero-order valence-corrected chi connectivity index (χ0v) is 17.3. The van der Waals surface area contributed by atoms with Gasteiger partial charge in [0, 0.05) is 5.92 Å². The second kappa shape index (κ2) is 5.56. The molecule has 5 aliphatic carbocycles. The average Bonchev–Trinajstić information content (AvgIpc) is 2.98. The summed E-state index contributed by atoms with van der Waals surface area (Å²) in [5, 5.41) is 11.4. The molecule has 0 radical (unpaired) electrons. The summed E-state index contributed by atoms with van der Waals surface area (Å²) in [5.74, 6) is 6.07. The number of alkyl halides is 1. The van der Waals surface area contributed by atoms with Crippen LogP contribution in [0.15, 0.2) is 0 Å². The molecule has 0 aromatic heterocycles. The first kappa shape index (κ1) is 17.2. The van der Waals surface area contributed by atoms with Crippen LogP contribution in [0.4, 0.5) is 0 Å². The molecule has 5 saturated carbocycles. The first-order valence-corrected chi connectivity index (χ1v) is 11.8. The van der Waals surface area contributed by atoms with Gasteiger partial charge in [-0.05, 0) is 98.2 Å². The first-order chi connectivity index (χ1) is 11.9. The molecule has 5 rings (SSSR count). The maximum Gasteiger partial charge on any atom is 0.147 e. The summed E-state index contributed by atoms with van der Waals surface area (Å²) >= 11 is 3.43. The van der Waals surface area contributed by atoms with E-state index in [9.17, 15) is 9.90 Å². The predicted octanol–water partition coefficient (Wildman–Crippen LogP) is 4.83. The summed E-state index contributed by atoms with van der Waals surface area (Å²) in [6, 6.07) is 0. The highest BCUT2D eigenvalue weighted by Crippen LogP contribution is 2.70. The molecule has 10 unspecified atom stereocenters. The van der Waals surface area contributed by atoms with Crippen molar-refractivity contribution < 1.29 is 9.90 Å². The molecule has 0 bridgehead atoms. The average molecular weight is 409 g/mol. The summed E-state index contributed by atoms with van der Waals surface area (Å²) in [6.45, 7) is 4.73. The summed E-state index contributed by atoms with van der Waals surface area (Å²) < 4.78 is 0. The van der Waals surface area contributed by atoms with Crippen LogP contribution in [0.5, 0.6) is 0 Å². The number of Topliss-reactive ketones (excluding diaryl/α,β-unsaturated/α-hetero) is 1. The Bertz CT molecular complexity index is 591. The van der Waals surface area contributed by atoms with Crippen molar-refractivity contribution in [2.24, 2.45) is 52.8 Å². The van der Waals surface area contributed by atoms with E-state index in [2.05, 4.69) is 29.8 Å². The minimum atomic E-state index is -0.294. The normalized spacial score (nSPS) is 59.4. The van der Waals surface area contributed by atoms with Gasteiger partial charge in [-0.25, -0.2) is 0 Å². The topological polar surface area (TPSA) is 37.3 Å². The fraction of sp³-hybridized carbons (Fsp3) is 0.955. The Labute approximate surface area is 160 Å². The lowest BCUT2D eigenvalue weighted by Gasteiger charge is -2.56. The Morgan fingerprint density at radius 3 is 2.44 bits per heavy atom. The van der Waals surface area contributed by atoms with Crippen molar-refractivity contribution >= 4 is 21.7 Å². The van der Waals surface area contributed by atoms with Crippen molar-refractivity contribution in [3.63, 3.8) is 0 Å². The molecule has 0 heterocycles. The van der Waals surface area contributed by atoms with E-state index in [1.54, 1.807) is 0 Å². The van der Waals surface area contributed by atoms with Crippen LogP contribution < -0.4 is 0 Å². The van der Waals surface area contributed by atoms with Crippen molar-refractivity contribution in [2.75, 3.05) is 5.33 Å². The molecule has 25 heavy (non-hydrogen) atoms. The molecule has 0 amide bonds. The van der Waals surface area contributed by atoms with Crippen molar-refractivity contribution in [1.82, 2.24) is 0 Å². The van der Waals surface area contributed by atoms with E-state index in [0.717, 1.165) is 42.4 Å². The van der Waals surface area contributed by atoms with Crippen LogP contribution in [0.25, 0.3) is 0 Å². The SMILES string of the molecule is CC1C2C3CCC4C(CCC5(C)C(C(=O)CBr)CCC45)C3CCC12O. The molecule has 5 aliphatic rings. The zero-order chi connectivity index (χ0) is 17.6. The molecule has 1 N–H and O–H groups in total. The second-order valence-electron chi connectivity index (χ2n) is 10.5. The molecule has 0 aromatic carbocycles. The van der Waals surface area contributed by atoms with Gasteiger partial charge in [-0.15, -0.1) is 0 Å². The number of aliphatic hydroxyl groups is 1. The fourth-order valence-electron chi connectivity index (χ4n) is 8.86. The highest BCUT2D eigenvalue weighted by molar-refractivity contribution is 9.09. The van der Waals surface area contributed by atoms with Crippen LogP contribution in [-0.4, -0.2) is 21.8 Å². The molecule has 0 spiro atoms. The van der Waals surface area contributed by atoms with Gasteiger partial charge in [0.2, 0.25) is 0 Å². The van der Waals surface area contributed by atoms with E-state index in [1.165, 1.54) is 38.5 Å². The summed E-state index contributed by atoms with van der Waals surface area (Å²) in [6.07, 6.45) is 10.0. The number of hydrogen-bond donors (Lipinski definition) is 1. The van der Waals surface area contributed by atoms with Crippen molar-refractivity contribution in [3.8, 4) is 0 Å². The molecule has 0 aromatic rings. The molecule has 0 aliphatic heterocycles. The van der Waals surface area contributed by atoms with E-state index in [1.807, 2.05) is 0 Å². The highest BCUT2D eigenvalue weighted by atomic mass is 79.9. The van der Waals surface area contributed by atoms with E-state index < -0.39 is 0 Å². The number of halogens is 1. The van der Waals surface area contributed by atoms with Gasteiger partial charge in [-0.1, -0.05) is 29.8 Å². The van der Waals surface area contributed by atoms with Gasteiger partial charge in [0.25, 0.3) is 0 Å². The van der Waals surface area contributed by atoms with E-state index in [4.69, 9.17) is 0 Å². The van der Waals surface area contributed by atoms with Gasteiger partial charge in [0.15, 0.2) is 0 Å². The maximum absolute atomic E-state index is 12.5. The number of fused-ring (bicyclic) bond motifs is 7. The Balaban J connectivity index is 1.39. The Morgan fingerprint density at radius 2 is 1.68 bits per heavy atom. The smallest absolute Gasteiger partial charge is 0.147 e. The molecular formula is C22H33BrO2. The van der Waals surface area contributed by atoms with Crippen molar-refractivity contribution in [1.29, 1.82) is 0 Å². The second-order valence-corrected chi connectivity index (χ2v) is 11.0. The number of ketones is 1. The van der Waals surface area contributed by atoms with Crippen molar-refractivity contribution in [2.45, 2.75) is 70.8 Å². The fourth-order valence-corrected chi connectivity index (χ4v) is 9.25. The van der Waals surface area contributed by atoms with Gasteiger partial charge in [-0.3, -0.25) is 4.79 Å². The summed E-state index contributed by atoms with van der Waals surface area (Å²) in [5.41, 5.74) is -0.0287. The number of rotatable bonds is 2. The minimum absolute atomic E-state index is 0.265. The van der Waals surface area contributed by atoms with Crippen LogP contribution in [0, 0.1) is 52.8 Å². The van der Waals surface area contributed by atoms with E-state index in [0.29, 0.717) is 28.9 Å². The Kier molecular flexibility index (Phi) is 3.83. The number of carbonyl (C=O) groups excluding carboxylic acids is 1. The lowest BCUT2D eigenvalue weighted by molar-refractivity contribution is -0.128. The summed E-state index contributed by atoms with van der Waals surface area (Å²) in [7, 11) is 0. The molecule has 3 heteroatoms. The van der Waals surface area contributed by atoms with Crippen molar-refractivity contribution in [3.05, 3.63) is 0 Å². The molecule has 10 atom stereocenters. The summed E-state index contributed by atoms with van der Waals surface area (Å²) in [4.78, 5) is 12.5. The lowest BCUT2D eigenvalue weighted by atomic mass is 9.49. The number of carbonyl (C=O) groups is 1. The van der Waals surface area contributed by atoms with Gasteiger partial charge in [0.1, 0.15) is 5.78 Å². The first-order valence-electron chi connectivity index (χ1n) is 10.7. The third-order valence-corrected chi connectivity index (χ3v) is 10.6. The van der Waals surface area contributed by atoms with Gasteiger partial charge in [-0.2, -0.15) is 0 Å². The monoisotopic (exact) mass is 408 g/mol. The van der Waals surface area contributed by atoms with Crippen LogP contribution in [-0.2, 0) is 4.79 Å². The quantitative estimate of drug-likeness (QED) is 0.664. The molecule has 2 nitrogen and oxygen atoms in total. The Morgan fingerprint density at radius 1 is 1.00 bits per heavy atom. The molecular weight excluding hydrogens is 376 g/mol. The third-order valence-electron chi connectivity index (χ3n) is 10.1. The van der Waals surface area contributed by atoms with Crippen LogP contribution in [0.3, 0.4) is 0 Å². The Hall–Kier alpha value is 0.110. The molecule has 5 fully saturated rings. The minimum Gasteiger partial charge on any atom is -0.389 e. The predicted molar refractivity (Wildman–Crippen MR) is 102 cm³/mol. The number of hydrogen-bond acceptors (Lipinski definition) is 2. The maximum atomic E-state index is 12.5. The molecule has 140 valence electrons. The van der Waals surface area contributed by atoms with Crippen LogP contribution >= 0.6 is 15.9 Å². The molecule has 0 saturated heterocycles. The van der Waals surface area contributed by atoms with E-state index in [-0.39, 0.29) is 11.0 Å². The van der Waals surface area contributed by atoms with E-state index >= 15 is 0 Å². The van der Waals surface area contributed by atoms with Crippen LogP contribution in [0.1, 0.15) is 65.2 Å². The zero-order valence-electron chi connectivity index (χ0n) is 15.7. The van der Waals surface area contributed by atoms with Gasteiger partial charge in [0.05, 0.1) is 10.9 Å². The highest BCUT2D eigenvalue weighted by Gasteiger charge is 2.69. The standard InChI is InChI=1S/C22H33BrO2/c1-12-20-16-4-3-15-13(14(16)8-10-22(12,20)25)7-9-21(2)17(15)5-6-18(21)19(24)11-23/h12-18,20,25H,3-11H2,1-2H3. The van der Waals surface area contributed by atoms with Gasteiger partial charge < -0.3 is 5.11 Å². The van der Waals surface area contributed by atoms with Gasteiger partial charge >= 0.3 is 0 Å². The lowest BCUT2D eigenvalue weighted by Crippen LogP contribution is -2.50. The third kappa shape index (κ3) is 2.15.